The maximum Gasteiger partial charge on any atom is 0.0494 e. The van der Waals surface area contributed by atoms with E-state index in [2.05, 4.69) is 44.9 Å². The number of rotatable bonds is 0. The lowest BCUT2D eigenvalue weighted by atomic mass is 9.91. The fourth-order valence-corrected chi connectivity index (χ4v) is 3.56. The average molecular weight is 213 g/mol. The molecule has 0 saturated carbocycles. The molecule has 0 amide bonds. The van der Waals surface area contributed by atoms with E-state index in [9.17, 15) is 0 Å². The third kappa shape index (κ3) is 1.06. The zero-order chi connectivity index (χ0) is 11.4. The summed E-state index contributed by atoms with van der Waals surface area (Å²) in [6.45, 7) is 9.26. The van der Waals surface area contributed by atoms with Crippen LogP contribution in [0.2, 0.25) is 0 Å². The van der Waals surface area contributed by atoms with Gasteiger partial charge in [0.1, 0.15) is 0 Å². The number of H-pyrrole nitrogens is 1. The minimum absolute atomic E-state index is 0.699. The van der Waals surface area contributed by atoms with Crippen molar-refractivity contribution in [3.05, 3.63) is 34.5 Å². The number of aromatic amines is 1. The highest BCUT2D eigenvalue weighted by Gasteiger charge is 2.30. The van der Waals surface area contributed by atoms with Crippen LogP contribution in [0.1, 0.15) is 54.4 Å². The van der Waals surface area contributed by atoms with Crippen LogP contribution < -0.4 is 0 Å². The number of nitrogens with one attached hydrogen (secondary N) is 1. The molecule has 0 spiro atoms. The Kier molecular flexibility index (Phi) is 1.95. The molecule has 1 heteroatoms. The highest BCUT2D eigenvalue weighted by molar-refractivity contribution is 5.89. The van der Waals surface area contributed by atoms with Crippen LogP contribution in [0.5, 0.6) is 0 Å². The van der Waals surface area contributed by atoms with Crippen molar-refractivity contribution in [2.75, 3.05) is 0 Å². The van der Waals surface area contributed by atoms with Crippen molar-refractivity contribution in [2.24, 2.45) is 0 Å². The predicted molar refractivity (Wildman–Crippen MR) is 69.2 cm³/mol. The lowest BCUT2D eigenvalue weighted by molar-refractivity contribution is 0.661. The summed E-state index contributed by atoms with van der Waals surface area (Å²) in [4.78, 5) is 3.44. The van der Waals surface area contributed by atoms with E-state index < -0.39 is 0 Å². The second-order valence-electron chi connectivity index (χ2n) is 5.38. The lowest BCUT2D eigenvalue weighted by Gasteiger charge is -2.14. The van der Waals surface area contributed by atoms with Gasteiger partial charge in [0.25, 0.3) is 0 Å². The number of hydrogen-bond donors (Lipinski definition) is 1. The molecule has 1 aromatic carbocycles. The molecule has 1 heterocycles. The average Bonchev–Trinajstić information content (AvgIpc) is 2.79. The van der Waals surface area contributed by atoms with Gasteiger partial charge in [0, 0.05) is 17.1 Å². The van der Waals surface area contributed by atoms with Gasteiger partial charge < -0.3 is 4.98 Å². The van der Waals surface area contributed by atoms with Crippen molar-refractivity contribution in [3.8, 4) is 0 Å². The van der Waals surface area contributed by atoms with Crippen molar-refractivity contribution in [1.29, 1.82) is 0 Å². The first-order chi connectivity index (χ1) is 7.61. The van der Waals surface area contributed by atoms with E-state index in [-0.39, 0.29) is 0 Å². The third-order valence-electron chi connectivity index (χ3n) is 4.37. The largest absolute Gasteiger partial charge is 0.361 e. The molecule has 1 aromatic heterocycles. The first-order valence-corrected chi connectivity index (χ1v) is 6.21. The molecule has 84 valence electrons. The normalized spacial score (nSPS) is 24.0. The van der Waals surface area contributed by atoms with Gasteiger partial charge in [-0.25, -0.2) is 0 Å². The number of aromatic nitrogens is 1. The Morgan fingerprint density at radius 2 is 1.75 bits per heavy atom. The summed E-state index contributed by atoms with van der Waals surface area (Å²) < 4.78 is 0. The minimum atomic E-state index is 0.699. The van der Waals surface area contributed by atoms with Gasteiger partial charge in [-0.1, -0.05) is 13.8 Å². The van der Waals surface area contributed by atoms with Crippen molar-refractivity contribution < 1.29 is 0 Å². The maximum atomic E-state index is 3.44. The molecule has 2 aromatic rings. The smallest absolute Gasteiger partial charge is 0.0494 e. The van der Waals surface area contributed by atoms with Crippen LogP contribution in [0.3, 0.4) is 0 Å². The van der Waals surface area contributed by atoms with E-state index in [1.54, 1.807) is 11.1 Å². The number of hydrogen-bond acceptors (Lipinski definition) is 0. The molecule has 1 aliphatic carbocycles. The predicted octanol–water partition coefficient (Wildman–Crippen LogP) is 4.40. The Hall–Kier alpha value is -1.24. The van der Waals surface area contributed by atoms with Crippen LogP contribution in [0.4, 0.5) is 0 Å². The standard InChI is InChI=1S/C15H19N/c1-8-7-9(2)14-13(8)11(4)10(3)12-5-6-16-15(12)14/h5-6,8-9,16H,7H2,1-4H3/t8-,9+/m1/s1. The molecule has 0 radical (unpaired) electrons. The van der Waals surface area contributed by atoms with Crippen LogP contribution in [0, 0.1) is 13.8 Å². The van der Waals surface area contributed by atoms with E-state index in [0.717, 1.165) is 5.92 Å². The van der Waals surface area contributed by atoms with Gasteiger partial charge in [0.15, 0.2) is 0 Å². The number of benzene rings is 1. The number of aryl methyl sites for hydroxylation is 1. The van der Waals surface area contributed by atoms with Crippen LogP contribution in [0.25, 0.3) is 10.9 Å². The van der Waals surface area contributed by atoms with Crippen molar-refractivity contribution in [2.45, 2.75) is 46.0 Å². The van der Waals surface area contributed by atoms with Gasteiger partial charge in [-0.15, -0.1) is 0 Å². The van der Waals surface area contributed by atoms with E-state index in [0.29, 0.717) is 5.92 Å². The van der Waals surface area contributed by atoms with Crippen LogP contribution in [-0.2, 0) is 0 Å². The molecule has 2 atom stereocenters. The highest BCUT2D eigenvalue weighted by atomic mass is 14.7. The molecule has 3 rings (SSSR count). The monoisotopic (exact) mass is 213 g/mol. The Morgan fingerprint density at radius 3 is 2.50 bits per heavy atom. The first kappa shape index (κ1) is 9.95. The Morgan fingerprint density at radius 1 is 1.06 bits per heavy atom. The molecule has 0 aliphatic heterocycles. The van der Waals surface area contributed by atoms with Crippen LogP contribution in [0.15, 0.2) is 12.3 Å². The van der Waals surface area contributed by atoms with Gasteiger partial charge in [-0.3, -0.25) is 0 Å². The van der Waals surface area contributed by atoms with E-state index in [4.69, 9.17) is 0 Å². The van der Waals surface area contributed by atoms with Crippen molar-refractivity contribution in [1.82, 2.24) is 4.98 Å². The van der Waals surface area contributed by atoms with Gasteiger partial charge in [-0.05, 0) is 60.4 Å². The summed E-state index contributed by atoms with van der Waals surface area (Å²) in [5.74, 6) is 1.42. The molecule has 0 bridgehead atoms. The van der Waals surface area contributed by atoms with Crippen LogP contribution in [-0.4, -0.2) is 4.98 Å². The SMILES string of the molecule is Cc1c2c(c3[nH]ccc3c1C)[C@@H](C)C[C@H]2C. The quantitative estimate of drug-likeness (QED) is 0.667. The molecular formula is C15H19N. The lowest BCUT2D eigenvalue weighted by Crippen LogP contribution is -1.96. The van der Waals surface area contributed by atoms with Crippen molar-refractivity contribution in [3.63, 3.8) is 0 Å². The van der Waals surface area contributed by atoms with E-state index >= 15 is 0 Å². The summed E-state index contributed by atoms with van der Waals surface area (Å²) in [5.41, 5.74) is 7.54. The topological polar surface area (TPSA) is 15.8 Å². The Balaban J connectivity index is 2.49. The molecular weight excluding hydrogens is 194 g/mol. The zero-order valence-corrected chi connectivity index (χ0v) is 10.5. The molecule has 0 fully saturated rings. The molecule has 1 aliphatic rings. The number of fused-ring (bicyclic) bond motifs is 3. The second kappa shape index (κ2) is 3.13. The molecule has 1 N–H and O–H groups in total. The van der Waals surface area contributed by atoms with Gasteiger partial charge in [0.2, 0.25) is 0 Å². The summed E-state index contributed by atoms with van der Waals surface area (Å²) >= 11 is 0. The zero-order valence-electron chi connectivity index (χ0n) is 10.5. The Bertz CT molecular complexity index is 562. The van der Waals surface area contributed by atoms with Gasteiger partial charge in [0.05, 0.1) is 0 Å². The first-order valence-electron chi connectivity index (χ1n) is 6.21. The van der Waals surface area contributed by atoms with Crippen LogP contribution >= 0.6 is 0 Å². The molecule has 16 heavy (non-hydrogen) atoms. The molecule has 0 unspecified atom stereocenters. The minimum Gasteiger partial charge on any atom is -0.361 e. The summed E-state index contributed by atoms with van der Waals surface area (Å²) in [6.07, 6.45) is 3.38. The fraction of sp³-hybridized carbons (Fsp3) is 0.467. The van der Waals surface area contributed by atoms with E-state index in [1.165, 1.54) is 28.5 Å². The molecule has 1 nitrogen and oxygen atoms in total. The summed E-state index contributed by atoms with van der Waals surface area (Å²) in [5, 5.41) is 1.41. The summed E-state index contributed by atoms with van der Waals surface area (Å²) in [7, 11) is 0. The van der Waals surface area contributed by atoms with Gasteiger partial charge in [-0.2, -0.15) is 0 Å². The Labute approximate surface area is 96.9 Å². The third-order valence-corrected chi connectivity index (χ3v) is 4.37. The van der Waals surface area contributed by atoms with Crippen molar-refractivity contribution >= 4 is 10.9 Å². The maximum absolute atomic E-state index is 3.44. The fourth-order valence-electron chi connectivity index (χ4n) is 3.56. The van der Waals surface area contributed by atoms with Gasteiger partial charge >= 0.3 is 0 Å². The molecule has 0 saturated heterocycles. The summed E-state index contributed by atoms with van der Waals surface area (Å²) in [6, 6.07) is 2.22. The highest BCUT2D eigenvalue weighted by Crippen LogP contribution is 2.47. The second-order valence-corrected chi connectivity index (χ2v) is 5.38. The van der Waals surface area contributed by atoms with E-state index in [1.807, 2.05) is 0 Å².